The summed E-state index contributed by atoms with van der Waals surface area (Å²) in [4.78, 5) is 7.07. The highest BCUT2D eigenvalue weighted by Gasteiger charge is 2.15. The standard InChI is InChI=1S/C14H18N2OS/c1-15-9-14-16-8-11(17-14)13-7-10-5-3-2-4-6-12(10)18-13/h7-8,15H,2-6,9H2,1H3. The van der Waals surface area contributed by atoms with Gasteiger partial charge in [0.1, 0.15) is 0 Å². The predicted molar refractivity (Wildman–Crippen MR) is 73.8 cm³/mol. The molecule has 2 aromatic rings. The number of nitrogens with one attached hydrogen (secondary N) is 1. The summed E-state index contributed by atoms with van der Waals surface area (Å²) in [6.07, 6.45) is 8.32. The van der Waals surface area contributed by atoms with Crippen LogP contribution < -0.4 is 5.32 Å². The lowest BCUT2D eigenvalue weighted by atomic mass is 10.1. The second-order valence-corrected chi connectivity index (χ2v) is 5.91. The van der Waals surface area contributed by atoms with E-state index < -0.39 is 0 Å². The van der Waals surface area contributed by atoms with Gasteiger partial charge in [-0.3, -0.25) is 0 Å². The molecule has 0 fully saturated rings. The number of thiophene rings is 1. The van der Waals surface area contributed by atoms with Crippen molar-refractivity contribution in [2.24, 2.45) is 0 Å². The van der Waals surface area contributed by atoms with E-state index in [1.807, 2.05) is 24.6 Å². The second kappa shape index (κ2) is 5.24. The highest BCUT2D eigenvalue weighted by Crippen LogP contribution is 2.35. The third-order valence-corrected chi connectivity index (χ3v) is 4.62. The molecule has 0 unspecified atom stereocenters. The largest absolute Gasteiger partial charge is 0.438 e. The van der Waals surface area contributed by atoms with Gasteiger partial charge in [-0.2, -0.15) is 0 Å². The van der Waals surface area contributed by atoms with Crippen molar-refractivity contribution in [2.75, 3.05) is 7.05 Å². The molecule has 1 N–H and O–H groups in total. The van der Waals surface area contributed by atoms with Crippen molar-refractivity contribution in [2.45, 2.75) is 38.6 Å². The van der Waals surface area contributed by atoms with E-state index in [1.165, 1.54) is 42.5 Å². The number of oxazole rings is 1. The van der Waals surface area contributed by atoms with Gasteiger partial charge in [0, 0.05) is 4.88 Å². The fraction of sp³-hybridized carbons (Fsp3) is 0.500. The fourth-order valence-electron chi connectivity index (χ4n) is 2.45. The third-order valence-electron chi connectivity index (χ3n) is 3.37. The predicted octanol–water partition coefficient (Wildman–Crippen LogP) is 3.39. The number of hydrogen-bond donors (Lipinski definition) is 1. The SMILES string of the molecule is CNCc1ncc(-c2cc3c(s2)CCCCC3)o1. The molecule has 2 heterocycles. The summed E-state index contributed by atoms with van der Waals surface area (Å²) in [5.74, 6) is 1.68. The van der Waals surface area contributed by atoms with E-state index in [-0.39, 0.29) is 0 Å². The summed E-state index contributed by atoms with van der Waals surface area (Å²) in [6.45, 7) is 0.686. The molecule has 96 valence electrons. The minimum absolute atomic E-state index is 0.686. The summed E-state index contributed by atoms with van der Waals surface area (Å²) in [5, 5.41) is 3.05. The quantitative estimate of drug-likeness (QED) is 0.862. The van der Waals surface area contributed by atoms with Gasteiger partial charge < -0.3 is 9.73 Å². The Hall–Kier alpha value is -1.13. The summed E-state index contributed by atoms with van der Waals surface area (Å²) < 4.78 is 5.76. The molecule has 0 atom stereocenters. The van der Waals surface area contributed by atoms with Crippen molar-refractivity contribution >= 4 is 11.3 Å². The molecule has 0 amide bonds. The Bertz CT molecular complexity index is 506. The Labute approximate surface area is 111 Å². The first-order valence-electron chi connectivity index (χ1n) is 6.58. The number of hydrogen-bond acceptors (Lipinski definition) is 4. The van der Waals surface area contributed by atoms with Gasteiger partial charge in [0.05, 0.1) is 17.6 Å². The van der Waals surface area contributed by atoms with E-state index in [2.05, 4.69) is 16.4 Å². The lowest BCUT2D eigenvalue weighted by Gasteiger charge is -1.93. The zero-order valence-electron chi connectivity index (χ0n) is 10.7. The van der Waals surface area contributed by atoms with Crippen molar-refractivity contribution in [1.82, 2.24) is 10.3 Å². The molecule has 0 spiro atoms. The molecule has 2 aromatic heterocycles. The molecule has 0 saturated heterocycles. The maximum Gasteiger partial charge on any atom is 0.208 e. The molecule has 18 heavy (non-hydrogen) atoms. The van der Waals surface area contributed by atoms with Crippen LogP contribution in [0.5, 0.6) is 0 Å². The second-order valence-electron chi connectivity index (χ2n) is 4.77. The van der Waals surface area contributed by atoms with Gasteiger partial charge in [0.25, 0.3) is 0 Å². The Morgan fingerprint density at radius 1 is 1.33 bits per heavy atom. The van der Waals surface area contributed by atoms with Crippen molar-refractivity contribution in [1.29, 1.82) is 0 Å². The van der Waals surface area contributed by atoms with Gasteiger partial charge in [-0.15, -0.1) is 11.3 Å². The minimum Gasteiger partial charge on any atom is -0.438 e. The Balaban J connectivity index is 1.87. The van der Waals surface area contributed by atoms with Crippen molar-refractivity contribution in [3.63, 3.8) is 0 Å². The summed E-state index contributed by atoms with van der Waals surface area (Å²) >= 11 is 1.88. The molecular formula is C14H18N2OS. The Kier molecular flexibility index (Phi) is 3.48. The highest BCUT2D eigenvalue weighted by atomic mass is 32.1. The van der Waals surface area contributed by atoms with Gasteiger partial charge in [0.2, 0.25) is 5.89 Å². The monoisotopic (exact) mass is 262 g/mol. The maximum atomic E-state index is 5.76. The van der Waals surface area contributed by atoms with E-state index in [0.717, 1.165) is 11.7 Å². The van der Waals surface area contributed by atoms with Crippen LogP contribution in [0.15, 0.2) is 16.7 Å². The minimum atomic E-state index is 0.686. The average Bonchev–Trinajstić information content (AvgIpc) is 2.93. The number of aryl methyl sites for hydroxylation is 2. The maximum absolute atomic E-state index is 5.76. The molecule has 0 radical (unpaired) electrons. The van der Waals surface area contributed by atoms with E-state index >= 15 is 0 Å². The molecular weight excluding hydrogens is 244 g/mol. The third kappa shape index (κ3) is 2.35. The smallest absolute Gasteiger partial charge is 0.208 e. The fourth-order valence-corrected chi connectivity index (χ4v) is 3.65. The van der Waals surface area contributed by atoms with Crippen molar-refractivity contribution in [3.05, 3.63) is 28.6 Å². The molecule has 4 heteroatoms. The van der Waals surface area contributed by atoms with Crippen LogP contribution in [0.1, 0.15) is 35.6 Å². The van der Waals surface area contributed by atoms with Gasteiger partial charge in [-0.05, 0) is 44.4 Å². The zero-order valence-corrected chi connectivity index (χ0v) is 11.5. The molecule has 1 aliphatic rings. The normalized spacial score (nSPS) is 15.4. The summed E-state index contributed by atoms with van der Waals surface area (Å²) in [6, 6.07) is 2.30. The van der Waals surface area contributed by atoms with Gasteiger partial charge in [-0.25, -0.2) is 4.98 Å². The van der Waals surface area contributed by atoms with Crippen LogP contribution in [-0.4, -0.2) is 12.0 Å². The van der Waals surface area contributed by atoms with Crippen LogP contribution in [0, 0.1) is 0 Å². The van der Waals surface area contributed by atoms with Gasteiger partial charge >= 0.3 is 0 Å². The first-order chi connectivity index (χ1) is 8.86. The molecule has 1 aliphatic carbocycles. The number of rotatable bonds is 3. The lowest BCUT2D eigenvalue weighted by Crippen LogP contribution is -2.04. The highest BCUT2D eigenvalue weighted by molar-refractivity contribution is 7.15. The van der Waals surface area contributed by atoms with Crippen LogP contribution >= 0.6 is 11.3 Å². The lowest BCUT2D eigenvalue weighted by molar-refractivity contribution is 0.491. The average molecular weight is 262 g/mol. The first-order valence-corrected chi connectivity index (χ1v) is 7.40. The van der Waals surface area contributed by atoms with Gasteiger partial charge in [-0.1, -0.05) is 6.42 Å². The summed E-state index contributed by atoms with van der Waals surface area (Å²) in [5.41, 5.74) is 1.53. The van der Waals surface area contributed by atoms with E-state index in [4.69, 9.17) is 4.42 Å². The zero-order chi connectivity index (χ0) is 12.4. The Morgan fingerprint density at radius 3 is 3.11 bits per heavy atom. The van der Waals surface area contributed by atoms with Gasteiger partial charge in [0.15, 0.2) is 5.76 Å². The number of nitrogens with zero attached hydrogens (tertiary/aromatic N) is 1. The molecule has 3 rings (SSSR count). The van der Waals surface area contributed by atoms with Crippen LogP contribution in [0.4, 0.5) is 0 Å². The molecule has 0 aromatic carbocycles. The first kappa shape index (κ1) is 11.9. The number of fused-ring (bicyclic) bond motifs is 1. The number of aromatic nitrogens is 1. The van der Waals surface area contributed by atoms with Crippen molar-refractivity contribution < 1.29 is 4.42 Å². The molecule has 0 bridgehead atoms. The summed E-state index contributed by atoms with van der Waals surface area (Å²) in [7, 11) is 1.90. The van der Waals surface area contributed by atoms with E-state index in [1.54, 1.807) is 4.88 Å². The van der Waals surface area contributed by atoms with Crippen LogP contribution in [-0.2, 0) is 19.4 Å². The van der Waals surface area contributed by atoms with Crippen LogP contribution in [0.25, 0.3) is 10.6 Å². The van der Waals surface area contributed by atoms with Crippen LogP contribution in [0.3, 0.4) is 0 Å². The van der Waals surface area contributed by atoms with E-state index in [0.29, 0.717) is 6.54 Å². The molecule has 0 saturated carbocycles. The molecule has 0 aliphatic heterocycles. The molecule has 3 nitrogen and oxygen atoms in total. The van der Waals surface area contributed by atoms with Crippen LogP contribution in [0.2, 0.25) is 0 Å². The Morgan fingerprint density at radius 2 is 2.22 bits per heavy atom. The van der Waals surface area contributed by atoms with Crippen molar-refractivity contribution in [3.8, 4) is 10.6 Å². The topological polar surface area (TPSA) is 38.1 Å². The van der Waals surface area contributed by atoms with E-state index in [9.17, 15) is 0 Å².